The number of phenolic OH excluding ortho intramolecular Hbond substituents is 2. The molecule has 186 valence electrons. The molecule has 0 radical (unpaired) electrons. The highest BCUT2D eigenvalue weighted by Gasteiger charge is 2.27. The number of phenols is 2. The van der Waals surface area contributed by atoms with E-state index in [2.05, 4.69) is 34.1 Å². The van der Waals surface area contributed by atoms with Crippen LogP contribution in [0.3, 0.4) is 0 Å². The smallest absolute Gasteiger partial charge is 0.185 e. The maximum atomic E-state index is 12.9. The van der Waals surface area contributed by atoms with Gasteiger partial charge in [0.1, 0.15) is 11.5 Å². The normalized spacial score (nSPS) is 15.1. The first-order chi connectivity index (χ1) is 16.8. The molecule has 7 nitrogen and oxygen atoms in total. The number of likely N-dealkylation sites (N-methyl/N-ethyl adjacent to an activating group) is 1. The molecule has 35 heavy (non-hydrogen) atoms. The van der Waals surface area contributed by atoms with Gasteiger partial charge in [-0.2, -0.15) is 0 Å². The van der Waals surface area contributed by atoms with E-state index in [4.69, 9.17) is 4.52 Å². The third kappa shape index (κ3) is 5.41. The molecule has 0 spiro atoms. The highest BCUT2D eigenvalue weighted by atomic mass is 16.5. The van der Waals surface area contributed by atoms with Crippen molar-refractivity contribution in [3.05, 3.63) is 53.2 Å². The minimum absolute atomic E-state index is 0.0258. The molecule has 1 fully saturated rings. The number of hydrogen-bond donors (Lipinski definition) is 2. The van der Waals surface area contributed by atoms with E-state index in [-0.39, 0.29) is 28.9 Å². The van der Waals surface area contributed by atoms with Gasteiger partial charge in [0.05, 0.1) is 11.1 Å². The lowest BCUT2D eigenvalue weighted by atomic mass is 9.93. The Labute approximate surface area is 207 Å². The van der Waals surface area contributed by atoms with Gasteiger partial charge in [-0.05, 0) is 42.1 Å². The third-order valence-electron chi connectivity index (χ3n) is 6.69. The van der Waals surface area contributed by atoms with Crippen molar-refractivity contribution in [3.63, 3.8) is 0 Å². The van der Waals surface area contributed by atoms with Gasteiger partial charge >= 0.3 is 0 Å². The molecule has 7 heteroatoms. The van der Waals surface area contributed by atoms with Gasteiger partial charge in [-0.25, -0.2) is 0 Å². The maximum absolute atomic E-state index is 12.9. The highest BCUT2D eigenvalue weighted by Crippen LogP contribution is 2.43. The molecule has 0 aliphatic carbocycles. The van der Waals surface area contributed by atoms with E-state index in [1.807, 2.05) is 32.9 Å². The van der Waals surface area contributed by atoms with Crippen LogP contribution in [0.5, 0.6) is 11.5 Å². The Morgan fingerprint density at radius 3 is 2.37 bits per heavy atom. The van der Waals surface area contributed by atoms with Gasteiger partial charge in [-0.1, -0.05) is 50.2 Å². The monoisotopic (exact) mass is 477 g/mol. The molecule has 0 unspecified atom stereocenters. The number of benzene rings is 2. The van der Waals surface area contributed by atoms with Gasteiger partial charge in [0.2, 0.25) is 0 Å². The van der Waals surface area contributed by atoms with Crippen LogP contribution in [0.25, 0.3) is 22.5 Å². The molecular weight excluding hydrogens is 442 g/mol. The van der Waals surface area contributed by atoms with Crippen LogP contribution in [0.15, 0.2) is 40.9 Å². The second-order valence-electron chi connectivity index (χ2n) is 9.77. The van der Waals surface area contributed by atoms with E-state index in [1.54, 1.807) is 6.07 Å². The number of piperazine rings is 1. The van der Waals surface area contributed by atoms with Crippen LogP contribution in [0.4, 0.5) is 0 Å². The second kappa shape index (κ2) is 10.6. The lowest BCUT2D eigenvalue weighted by molar-refractivity contribution is 0.0973. The fourth-order valence-electron chi connectivity index (χ4n) is 4.56. The zero-order valence-electron chi connectivity index (χ0n) is 21.0. The van der Waals surface area contributed by atoms with Crippen LogP contribution in [-0.4, -0.2) is 64.2 Å². The zero-order valence-corrected chi connectivity index (χ0v) is 21.0. The summed E-state index contributed by atoms with van der Waals surface area (Å²) in [5.41, 5.74) is 3.95. The van der Waals surface area contributed by atoms with Gasteiger partial charge in [-0.3, -0.25) is 9.69 Å². The summed E-state index contributed by atoms with van der Waals surface area (Å²) >= 11 is 0. The Morgan fingerprint density at radius 1 is 1.06 bits per heavy atom. The number of carbonyl (C=O) groups excluding carboxylic acids is 1. The van der Waals surface area contributed by atoms with Gasteiger partial charge in [-0.15, -0.1) is 0 Å². The number of aromatic nitrogens is 1. The largest absolute Gasteiger partial charge is 0.508 e. The number of nitrogens with zero attached hydrogens (tertiary/aromatic N) is 3. The van der Waals surface area contributed by atoms with Crippen molar-refractivity contribution in [1.82, 2.24) is 15.0 Å². The molecule has 1 aromatic heterocycles. The van der Waals surface area contributed by atoms with Crippen molar-refractivity contribution in [2.24, 2.45) is 0 Å². The Hall–Kier alpha value is -3.16. The molecule has 0 bridgehead atoms. The van der Waals surface area contributed by atoms with E-state index in [9.17, 15) is 15.0 Å². The van der Waals surface area contributed by atoms with Crippen molar-refractivity contribution in [3.8, 4) is 33.9 Å². The summed E-state index contributed by atoms with van der Waals surface area (Å²) in [7, 11) is 2.15. The van der Waals surface area contributed by atoms with Gasteiger partial charge in [0.15, 0.2) is 17.2 Å². The Kier molecular flexibility index (Phi) is 7.57. The Bertz CT molecular complexity index is 1180. The van der Waals surface area contributed by atoms with Crippen LogP contribution < -0.4 is 0 Å². The topological polar surface area (TPSA) is 90.0 Å². The molecule has 2 aromatic carbocycles. The van der Waals surface area contributed by atoms with Crippen molar-refractivity contribution in [2.75, 3.05) is 33.2 Å². The van der Waals surface area contributed by atoms with Crippen LogP contribution in [-0.2, 0) is 6.54 Å². The molecule has 0 amide bonds. The third-order valence-corrected chi connectivity index (χ3v) is 6.69. The molecule has 1 saturated heterocycles. The van der Waals surface area contributed by atoms with Crippen molar-refractivity contribution < 1.29 is 19.5 Å². The van der Waals surface area contributed by atoms with Gasteiger partial charge in [0.25, 0.3) is 0 Å². The number of Topliss-reactive ketones (excluding diaryl/α,β-unsaturated/α-hetero) is 1. The van der Waals surface area contributed by atoms with Crippen molar-refractivity contribution in [1.29, 1.82) is 0 Å². The summed E-state index contributed by atoms with van der Waals surface area (Å²) in [6.45, 7) is 11.0. The number of rotatable bonds is 8. The standard InChI is InChI=1S/C28H35N3O4/c1-5-6-23(32)27-26(20-9-7-19(8-10-20)17-31-13-11-30(4)12-14-31)28(35-29-27)22-15-21(18(2)3)24(33)16-25(22)34/h7-10,15-16,18,33-34H,5-6,11-14,17H2,1-4H3. The highest BCUT2D eigenvalue weighted by molar-refractivity contribution is 6.03. The molecular formula is C28H35N3O4. The summed E-state index contributed by atoms with van der Waals surface area (Å²) in [5.74, 6) is 0.177. The van der Waals surface area contributed by atoms with E-state index in [1.165, 1.54) is 11.6 Å². The lowest BCUT2D eigenvalue weighted by Crippen LogP contribution is -2.43. The minimum atomic E-state index is -0.120. The zero-order chi connectivity index (χ0) is 25.1. The van der Waals surface area contributed by atoms with E-state index >= 15 is 0 Å². The Morgan fingerprint density at radius 2 is 1.74 bits per heavy atom. The average molecular weight is 478 g/mol. The maximum Gasteiger partial charge on any atom is 0.185 e. The summed E-state index contributed by atoms with van der Waals surface area (Å²) in [5, 5.41) is 25.1. The fourth-order valence-corrected chi connectivity index (χ4v) is 4.56. The first-order valence-corrected chi connectivity index (χ1v) is 12.4. The van der Waals surface area contributed by atoms with Crippen LogP contribution in [0.1, 0.15) is 61.1 Å². The van der Waals surface area contributed by atoms with Crippen molar-refractivity contribution >= 4 is 5.78 Å². The van der Waals surface area contributed by atoms with Crippen LogP contribution >= 0.6 is 0 Å². The van der Waals surface area contributed by atoms with Crippen molar-refractivity contribution in [2.45, 2.75) is 46.1 Å². The number of ketones is 1. The molecule has 2 N–H and O–H groups in total. The molecule has 4 rings (SSSR count). The average Bonchev–Trinajstić information content (AvgIpc) is 3.26. The molecule has 1 aliphatic rings. The SMILES string of the molecule is CCCC(=O)c1noc(-c2cc(C(C)C)c(O)cc2O)c1-c1ccc(CN2CCN(C)CC2)cc1. The Balaban J connectivity index is 1.73. The summed E-state index contributed by atoms with van der Waals surface area (Å²) < 4.78 is 5.70. The lowest BCUT2D eigenvalue weighted by Gasteiger charge is -2.32. The fraction of sp³-hybridized carbons (Fsp3) is 0.429. The first kappa shape index (κ1) is 24.9. The molecule has 0 saturated carbocycles. The van der Waals surface area contributed by atoms with Crippen LogP contribution in [0.2, 0.25) is 0 Å². The molecule has 3 aromatic rings. The summed E-state index contributed by atoms with van der Waals surface area (Å²) in [6, 6.07) is 11.2. The molecule has 2 heterocycles. The van der Waals surface area contributed by atoms with Crippen LogP contribution in [0, 0.1) is 0 Å². The minimum Gasteiger partial charge on any atom is -0.508 e. The number of hydrogen-bond acceptors (Lipinski definition) is 7. The summed E-state index contributed by atoms with van der Waals surface area (Å²) in [4.78, 5) is 17.7. The van der Waals surface area contributed by atoms with Gasteiger partial charge < -0.3 is 19.6 Å². The second-order valence-corrected chi connectivity index (χ2v) is 9.77. The first-order valence-electron chi connectivity index (χ1n) is 12.4. The molecule has 1 aliphatic heterocycles. The van der Waals surface area contributed by atoms with Gasteiger partial charge in [0, 0.05) is 45.2 Å². The summed E-state index contributed by atoms with van der Waals surface area (Å²) in [6.07, 6.45) is 1.06. The predicted octanol–water partition coefficient (Wildman–Crippen LogP) is 5.27. The van der Waals surface area contributed by atoms with E-state index in [0.29, 0.717) is 35.3 Å². The van der Waals surface area contributed by atoms with E-state index in [0.717, 1.165) is 38.3 Å². The predicted molar refractivity (Wildman–Crippen MR) is 137 cm³/mol. The quantitative estimate of drug-likeness (QED) is 0.427. The number of carbonyl (C=O) groups is 1. The molecule has 0 atom stereocenters. The number of aromatic hydroxyl groups is 2. The van der Waals surface area contributed by atoms with E-state index < -0.39 is 0 Å².